The van der Waals surface area contributed by atoms with E-state index >= 15 is 0 Å². The van der Waals surface area contributed by atoms with Crippen molar-refractivity contribution in [3.8, 4) is 57.5 Å². The maximum absolute atomic E-state index is 6.52. The molecule has 0 saturated heterocycles. The van der Waals surface area contributed by atoms with Gasteiger partial charge < -0.3 is 37.9 Å². The summed E-state index contributed by atoms with van der Waals surface area (Å²) in [6.07, 6.45) is 2.89. The molecule has 0 spiro atoms. The van der Waals surface area contributed by atoms with Crippen LogP contribution >= 0.6 is 0 Å². The Hall–Kier alpha value is -4.72. The zero-order valence-corrected chi connectivity index (χ0v) is 24.9. The van der Waals surface area contributed by atoms with E-state index in [-0.39, 0.29) is 0 Å². The van der Waals surface area contributed by atoms with Crippen LogP contribution in [-0.2, 0) is 25.7 Å². The van der Waals surface area contributed by atoms with E-state index in [9.17, 15) is 0 Å². The molecule has 4 aromatic carbocycles. The standard InChI is InChI=1S/C34H36O8/c1-35-25-13-11-21-7-9-23-17-29(37-3)33(39-5)31(19-23)42-32-20-24(18-30(38-4)34(32)40-6)10-8-22-12-14-26(36-2)28(16-22)41-27(25)15-21/h11-20H,7-10H2,1-6H3. The summed E-state index contributed by atoms with van der Waals surface area (Å²) < 4.78 is 47.0. The van der Waals surface area contributed by atoms with Gasteiger partial charge in [0.15, 0.2) is 46.0 Å². The summed E-state index contributed by atoms with van der Waals surface area (Å²) in [5.41, 5.74) is 4.19. The average molecular weight is 573 g/mol. The Labute approximate surface area is 246 Å². The summed E-state index contributed by atoms with van der Waals surface area (Å²) in [4.78, 5) is 0. The Bertz CT molecular complexity index is 1450. The molecule has 0 N–H and O–H groups in total. The summed E-state index contributed by atoms with van der Waals surface area (Å²) in [7, 11) is 9.69. The first kappa shape index (κ1) is 28.8. The van der Waals surface area contributed by atoms with Gasteiger partial charge in [-0.15, -0.1) is 0 Å². The third kappa shape index (κ3) is 5.98. The Kier molecular flexibility index (Phi) is 8.81. The number of hydrogen-bond acceptors (Lipinski definition) is 8. The average Bonchev–Trinajstić information content (AvgIpc) is 3.02. The lowest BCUT2D eigenvalue weighted by atomic mass is 10.0. The molecule has 1 heterocycles. The van der Waals surface area contributed by atoms with Crippen LogP contribution in [0.1, 0.15) is 22.3 Å². The first-order chi connectivity index (χ1) is 20.5. The van der Waals surface area contributed by atoms with Gasteiger partial charge in [0.2, 0.25) is 11.5 Å². The molecular formula is C34H36O8. The quantitative estimate of drug-likeness (QED) is 0.240. The number of fused-ring (bicyclic) bond motifs is 8. The van der Waals surface area contributed by atoms with Crippen molar-refractivity contribution < 1.29 is 37.9 Å². The highest BCUT2D eigenvalue weighted by Gasteiger charge is 2.21. The highest BCUT2D eigenvalue weighted by Crippen LogP contribution is 2.46. The van der Waals surface area contributed by atoms with Crippen molar-refractivity contribution in [2.24, 2.45) is 0 Å². The van der Waals surface area contributed by atoms with Crippen molar-refractivity contribution in [3.05, 3.63) is 82.9 Å². The lowest BCUT2D eigenvalue weighted by molar-refractivity contribution is 0.319. The molecule has 1 aliphatic rings. The Morgan fingerprint density at radius 3 is 1.12 bits per heavy atom. The van der Waals surface area contributed by atoms with Crippen molar-refractivity contribution >= 4 is 0 Å². The van der Waals surface area contributed by atoms with Crippen LogP contribution in [0.25, 0.3) is 0 Å². The van der Waals surface area contributed by atoms with Crippen LogP contribution in [0.3, 0.4) is 0 Å². The minimum atomic E-state index is 0.493. The molecule has 1 aliphatic heterocycles. The minimum Gasteiger partial charge on any atom is -0.493 e. The van der Waals surface area contributed by atoms with E-state index < -0.39 is 0 Å². The minimum absolute atomic E-state index is 0.493. The third-order valence-electron chi connectivity index (χ3n) is 7.31. The third-order valence-corrected chi connectivity index (χ3v) is 7.31. The largest absolute Gasteiger partial charge is 0.493 e. The second-order valence-corrected chi connectivity index (χ2v) is 9.83. The molecule has 0 aromatic heterocycles. The molecule has 0 amide bonds. The van der Waals surface area contributed by atoms with E-state index in [1.165, 1.54) is 0 Å². The summed E-state index contributed by atoms with van der Waals surface area (Å²) >= 11 is 0. The summed E-state index contributed by atoms with van der Waals surface area (Å²) in [6.45, 7) is 0. The molecule has 8 nitrogen and oxygen atoms in total. The van der Waals surface area contributed by atoms with Gasteiger partial charge in [0.05, 0.1) is 42.7 Å². The first-order valence-electron chi connectivity index (χ1n) is 13.7. The fraction of sp³-hybridized carbons (Fsp3) is 0.294. The van der Waals surface area contributed by atoms with Crippen LogP contribution in [0.5, 0.6) is 57.5 Å². The van der Waals surface area contributed by atoms with Crippen molar-refractivity contribution in [1.82, 2.24) is 0 Å². The Morgan fingerprint density at radius 2 is 0.738 bits per heavy atom. The molecule has 8 heteroatoms. The van der Waals surface area contributed by atoms with Crippen molar-refractivity contribution in [1.29, 1.82) is 0 Å². The Balaban J connectivity index is 1.66. The highest BCUT2D eigenvalue weighted by atomic mass is 16.6. The van der Waals surface area contributed by atoms with Gasteiger partial charge in [-0.05, 0) is 96.5 Å². The fourth-order valence-corrected chi connectivity index (χ4v) is 5.13. The molecule has 0 saturated carbocycles. The molecule has 8 bridgehead atoms. The van der Waals surface area contributed by atoms with Gasteiger partial charge in [-0.25, -0.2) is 0 Å². The molecule has 0 fully saturated rings. The van der Waals surface area contributed by atoms with Gasteiger partial charge in [-0.3, -0.25) is 0 Å². The van der Waals surface area contributed by atoms with Gasteiger partial charge >= 0.3 is 0 Å². The van der Waals surface area contributed by atoms with Gasteiger partial charge in [0, 0.05) is 0 Å². The van der Waals surface area contributed by atoms with Crippen molar-refractivity contribution in [2.75, 3.05) is 42.7 Å². The number of rotatable bonds is 6. The molecule has 0 aliphatic carbocycles. The normalized spacial score (nSPS) is 12.5. The van der Waals surface area contributed by atoms with Crippen LogP contribution in [0.15, 0.2) is 60.7 Å². The molecular weight excluding hydrogens is 536 g/mol. The smallest absolute Gasteiger partial charge is 0.203 e. The number of methoxy groups -OCH3 is 6. The van der Waals surface area contributed by atoms with E-state index in [4.69, 9.17) is 37.9 Å². The SMILES string of the molecule is COc1ccc2cc1Oc1cc(ccc1OC)CCc1cc(OC)c(OC)c(c1)Oc1cc(cc(OC)c1OC)CC2. The van der Waals surface area contributed by atoms with Crippen LogP contribution in [-0.4, -0.2) is 42.7 Å². The zero-order valence-electron chi connectivity index (χ0n) is 24.9. The molecule has 0 radical (unpaired) electrons. The maximum atomic E-state index is 6.52. The van der Waals surface area contributed by atoms with E-state index in [1.807, 2.05) is 60.7 Å². The predicted molar refractivity (Wildman–Crippen MR) is 160 cm³/mol. The maximum Gasteiger partial charge on any atom is 0.203 e. The number of ether oxygens (including phenoxy) is 8. The topological polar surface area (TPSA) is 73.8 Å². The monoisotopic (exact) mass is 572 g/mol. The van der Waals surface area contributed by atoms with E-state index in [1.54, 1.807) is 42.7 Å². The summed E-state index contributed by atoms with van der Waals surface area (Å²) in [6, 6.07) is 19.8. The number of hydrogen-bond donors (Lipinski definition) is 0. The molecule has 42 heavy (non-hydrogen) atoms. The highest BCUT2D eigenvalue weighted by molar-refractivity contribution is 5.60. The molecule has 220 valence electrons. The molecule has 0 unspecified atom stereocenters. The molecule has 5 rings (SSSR count). The van der Waals surface area contributed by atoms with Gasteiger partial charge in [-0.1, -0.05) is 12.1 Å². The summed E-state index contributed by atoms with van der Waals surface area (Å²) in [5, 5.41) is 0. The van der Waals surface area contributed by atoms with Crippen molar-refractivity contribution in [3.63, 3.8) is 0 Å². The van der Waals surface area contributed by atoms with Crippen molar-refractivity contribution in [2.45, 2.75) is 25.7 Å². The number of benzene rings is 4. The van der Waals surface area contributed by atoms with E-state index in [0.29, 0.717) is 70.3 Å². The zero-order chi connectivity index (χ0) is 29.6. The van der Waals surface area contributed by atoms with Crippen LogP contribution in [0.4, 0.5) is 0 Å². The van der Waals surface area contributed by atoms with Crippen LogP contribution in [0, 0.1) is 0 Å². The number of aryl methyl sites for hydroxylation is 4. The summed E-state index contributed by atoms with van der Waals surface area (Å²) in [5.74, 6) is 5.69. The fourth-order valence-electron chi connectivity index (χ4n) is 5.13. The van der Waals surface area contributed by atoms with Gasteiger partial charge in [-0.2, -0.15) is 0 Å². The van der Waals surface area contributed by atoms with Crippen LogP contribution < -0.4 is 37.9 Å². The van der Waals surface area contributed by atoms with Gasteiger partial charge in [0.1, 0.15) is 0 Å². The van der Waals surface area contributed by atoms with E-state index in [2.05, 4.69) is 0 Å². The lowest BCUT2D eigenvalue weighted by Crippen LogP contribution is -2.02. The second kappa shape index (κ2) is 12.9. The predicted octanol–water partition coefficient (Wildman–Crippen LogP) is 7.21. The lowest BCUT2D eigenvalue weighted by Gasteiger charge is -2.19. The first-order valence-corrected chi connectivity index (χ1v) is 13.7. The van der Waals surface area contributed by atoms with E-state index in [0.717, 1.165) is 35.1 Å². The molecule has 4 aromatic rings. The molecule has 0 atom stereocenters. The second-order valence-electron chi connectivity index (χ2n) is 9.83. The van der Waals surface area contributed by atoms with Gasteiger partial charge in [0.25, 0.3) is 0 Å². The van der Waals surface area contributed by atoms with Crippen LogP contribution in [0.2, 0.25) is 0 Å². The Morgan fingerprint density at radius 1 is 0.381 bits per heavy atom.